The number of H-pyrrole nitrogens is 1. The monoisotopic (exact) mass is 300 g/mol. The number of fused-ring (bicyclic) bond motifs is 1. The molecule has 0 aliphatic carbocycles. The first-order valence-corrected chi connectivity index (χ1v) is 7.63. The van der Waals surface area contributed by atoms with Gasteiger partial charge in [0.25, 0.3) is 5.91 Å². The second kappa shape index (κ2) is 5.61. The van der Waals surface area contributed by atoms with Crippen molar-refractivity contribution in [1.82, 2.24) is 9.88 Å². The van der Waals surface area contributed by atoms with Crippen LogP contribution in [0.15, 0.2) is 85.3 Å². The fraction of sp³-hybridized carbons (Fsp3) is 0.0500. The molecule has 0 spiro atoms. The highest BCUT2D eigenvalue weighted by Crippen LogP contribution is 2.29. The van der Waals surface area contributed by atoms with Crippen LogP contribution < -0.4 is 0 Å². The van der Waals surface area contributed by atoms with Gasteiger partial charge >= 0.3 is 0 Å². The molecule has 1 aliphatic rings. The zero-order valence-electron chi connectivity index (χ0n) is 12.5. The van der Waals surface area contributed by atoms with Crippen molar-refractivity contribution < 1.29 is 4.79 Å². The van der Waals surface area contributed by atoms with Crippen LogP contribution in [0.1, 0.15) is 21.8 Å². The number of carbonyl (C=O) groups is 1. The summed E-state index contributed by atoms with van der Waals surface area (Å²) in [7, 11) is 0. The molecule has 3 nitrogen and oxygen atoms in total. The summed E-state index contributed by atoms with van der Waals surface area (Å²) in [5.74, 6) is 0.154. The van der Waals surface area contributed by atoms with E-state index in [9.17, 15) is 4.79 Å². The first-order chi connectivity index (χ1) is 11.3. The van der Waals surface area contributed by atoms with Gasteiger partial charge in [0.15, 0.2) is 0 Å². The highest BCUT2D eigenvalue weighted by Gasteiger charge is 2.17. The largest absolute Gasteiger partial charge is 0.361 e. The quantitative estimate of drug-likeness (QED) is 0.746. The van der Waals surface area contributed by atoms with Gasteiger partial charge in [0.05, 0.1) is 0 Å². The number of carbonyl (C=O) groups excluding carboxylic acids is 1. The molecule has 2 aromatic carbocycles. The Kier molecular flexibility index (Phi) is 3.31. The van der Waals surface area contributed by atoms with Crippen LogP contribution in [0.4, 0.5) is 0 Å². The molecule has 0 bridgehead atoms. The standard InChI is InChI=1S/C20H16N2O/c23-20(16-6-2-1-3-7-16)22-12-10-15(11-13-22)18-14-21-19-9-5-4-8-17(18)19/h1-15,21H. The number of nitrogens with zero attached hydrogens (tertiary/aromatic N) is 1. The molecular formula is C20H16N2O. The maximum atomic E-state index is 12.4. The van der Waals surface area contributed by atoms with Crippen LogP contribution >= 0.6 is 0 Å². The van der Waals surface area contributed by atoms with E-state index in [2.05, 4.69) is 29.3 Å². The Morgan fingerprint density at radius 3 is 2.39 bits per heavy atom. The van der Waals surface area contributed by atoms with Crippen LogP contribution in [0, 0.1) is 0 Å². The van der Waals surface area contributed by atoms with E-state index in [1.54, 1.807) is 4.90 Å². The van der Waals surface area contributed by atoms with Crippen LogP contribution in [0.5, 0.6) is 0 Å². The average molecular weight is 300 g/mol. The minimum Gasteiger partial charge on any atom is -0.361 e. The molecule has 2 heterocycles. The van der Waals surface area contributed by atoms with Crippen molar-refractivity contribution >= 4 is 16.8 Å². The van der Waals surface area contributed by atoms with Crippen LogP contribution in [-0.4, -0.2) is 15.8 Å². The number of nitrogens with one attached hydrogen (secondary N) is 1. The number of amides is 1. The summed E-state index contributed by atoms with van der Waals surface area (Å²) in [4.78, 5) is 17.3. The Labute approximate surface area is 134 Å². The lowest BCUT2D eigenvalue weighted by Crippen LogP contribution is -2.22. The number of hydrogen-bond donors (Lipinski definition) is 1. The maximum absolute atomic E-state index is 12.4. The Bertz CT molecular complexity index is 892. The van der Waals surface area contributed by atoms with Gasteiger partial charge in [-0.2, -0.15) is 0 Å². The number of para-hydroxylation sites is 1. The van der Waals surface area contributed by atoms with Crippen molar-refractivity contribution in [2.45, 2.75) is 5.92 Å². The van der Waals surface area contributed by atoms with Gasteiger partial charge in [-0.15, -0.1) is 0 Å². The van der Waals surface area contributed by atoms with Crippen LogP contribution in [0.2, 0.25) is 0 Å². The smallest absolute Gasteiger partial charge is 0.261 e. The van der Waals surface area contributed by atoms with Gasteiger partial charge in [-0.05, 0) is 23.8 Å². The molecule has 0 atom stereocenters. The van der Waals surface area contributed by atoms with Crippen molar-refractivity contribution in [1.29, 1.82) is 0 Å². The fourth-order valence-electron chi connectivity index (χ4n) is 2.93. The second-order valence-electron chi connectivity index (χ2n) is 5.58. The topological polar surface area (TPSA) is 36.1 Å². The molecular weight excluding hydrogens is 284 g/mol. The highest BCUT2D eigenvalue weighted by molar-refractivity contribution is 5.95. The van der Waals surface area contributed by atoms with E-state index in [1.807, 2.05) is 61.1 Å². The van der Waals surface area contributed by atoms with E-state index < -0.39 is 0 Å². The average Bonchev–Trinajstić information content (AvgIpc) is 3.06. The summed E-state index contributed by atoms with van der Waals surface area (Å²) in [5, 5.41) is 1.22. The maximum Gasteiger partial charge on any atom is 0.261 e. The summed E-state index contributed by atoms with van der Waals surface area (Å²) in [6.45, 7) is 0. The van der Waals surface area contributed by atoms with Gasteiger partial charge in [-0.3, -0.25) is 9.69 Å². The Morgan fingerprint density at radius 2 is 1.61 bits per heavy atom. The Balaban J connectivity index is 1.58. The van der Waals surface area contributed by atoms with Gasteiger partial charge in [0.1, 0.15) is 0 Å². The molecule has 3 heteroatoms. The van der Waals surface area contributed by atoms with E-state index in [-0.39, 0.29) is 11.8 Å². The third-order valence-electron chi connectivity index (χ3n) is 4.14. The summed E-state index contributed by atoms with van der Waals surface area (Å²) in [5.41, 5.74) is 3.04. The van der Waals surface area contributed by atoms with E-state index in [4.69, 9.17) is 0 Å². The van der Waals surface area contributed by atoms with Crippen molar-refractivity contribution in [3.05, 3.63) is 96.5 Å². The normalized spacial score (nSPS) is 14.5. The first-order valence-electron chi connectivity index (χ1n) is 7.63. The Morgan fingerprint density at radius 1 is 0.913 bits per heavy atom. The predicted octanol–water partition coefficient (Wildman–Crippen LogP) is 4.43. The van der Waals surface area contributed by atoms with Crippen molar-refractivity contribution in [3.63, 3.8) is 0 Å². The third-order valence-corrected chi connectivity index (χ3v) is 4.14. The molecule has 1 aliphatic heterocycles. The molecule has 0 unspecified atom stereocenters. The lowest BCUT2D eigenvalue weighted by molar-refractivity contribution is 0.0867. The lowest BCUT2D eigenvalue weighted by atomic mass is 9.97. The molecule has 0 fully saturated rings. The molecule has 1 amide bonds. The highest BCUT2D eigenvalue weighted by atomic mass is 16.2. The fourth-order valence-corrected chi connectivity index (χ4v) is 2.93. The SMILES string of the molecule is O=C(c1ccccc1)N1C=CC(c2c[nH]c3ccccc23)C=C1. The summed E-state index contributed by atoms with van der Waals surface area (Å²) in [6.07, 6.45) is 9.84. The summed E-state index contributed by atoms with van der Waals surface area (Å²) in [6, 6.07) is 17.6. The van der Waals surface area contributed by atoms with Crippen molar-refractivity contribution in [2.24, 2.45) is 0 Å². The molecule has 3 aromatic rings. The molecule has 112 valence electrons. The van der Waals surface area contributed by atoms with Gasteiger partial charge in [0.2, 0.25) is 0 Å². The van der Waals surface area contributed by atoms with Gasteiger partial charge < -0.3 is 4.98 Å². The number of benzene rings is 2. The van der Waals surface area contributed by atoms with Crippen molar-refractivity contribution in [2.75, 3.05) is 0 Å². The molecule has 0 radical (unpaired) electrons. The van der Waals surface area contributed by atoms with Gasteiger partial charge in [0, 0.05) is 41.0 Å². The number of aromatic nitrogens is 1. The molecule has 4 rings (SSSR count). The second-order valence-corrected chi connectivity index (χ2v) is 5.58. The van der Waals surface area contributed by atoms with Crippen LogP contribution in [0.25, 0.3) is 10.9 Å². The van der Waals surface area contributed by atoms with E-state index >= 15 is 0 Å². The predicted molar refractivity (Wildman–Crippen MR) is 91.9 cm³/mol. The number of allylic oxidation sites excluding steroid dienone is 2. The zero-order chi connectivity index (χ0) is 15.6. The molecule has 23 heavy (non-hydrogen) atoms. The van der Waals surface area contributed by atoms with Gasteiger partial charge in [-0.1, -0.05) is 48.6 Å². The number of aromatic amines is 1. The number of rotatable bonds is 2. The van der Waals surface area contributed by atoms with E-state index in [0.29, 0.717) is 5.56 Å². The minimum absolute atomic E-state index is 0.0181. The molecule has 0 saturated carbocycles. The molecule has 1 aromatic heterocycles. The van der Waals surface area contributed by atoms with Crippen LogP contribution in [-0.2, 0) is 0 Å². The van der Waals surface area contributed by atoms with E-state index in [1.165, 1.54) is 10.9 Å². The minimum atomic E-state index is -0.0181. The van der Waals surface area contributed by atoms with E-state index in [0.717, 1.165) is 5.52 Å². The van der Waals surface area contributed by atoms with Gasteiger partial charge in [-0.25, -0.2) is 0 Å². The summed E-state index contributed by atoms with van der Waals surface area (Å²) >= 11 is 0. The lowest BCUT2D eigenvalue weighted by Gasteiger charge is -2.20. The number of hydrogen-bond acceptors (Lipinski definition) is 1. The summed E-state index contributed by atoms with van der Waals surface area (Å²) < 4.78 is 0. The molecule has 1 N–H and O–H groups in total. The first kappa shape index (κ1) is 13.6. The zero-order valence-corrected chi connectivity index (χ0v) is 12.5. The Hall–Kier alpha value is -3.07. The van der Waals surface area contributed by atoms with Crippen LogP contribution in [0.3, 0.4) is 0 Å². The van der Waals surface area contributed by atoms with Crippen molar-refractivity contribution in [3.8, 4) is 0 Å². The molecule has 0 saturated heterocycles. The third kappa shape index (κ3) is 2.46.